The molecule has 2 aliphatic carbocycles. The third-order valence-electron chi connectivity index (χ3n) is 8.20. The number of fused-ring (bicyclic) bond motifs is 1. The van der Waals surface area contributed by atoms with E-state index in [0.717, 1.165) is 36.1 Å². The Balaban J connectivity index is 1.52. The predicted octanol–water partition coefficient (Wildman–Crippen LogP) is 2.10. The Bertz CT molecular complexity index is 1400. The fourth-order valence-corrected chi connectivity index (χ4v) is 6.77. The zero-order valence-electron chi connectivity index (χ0n) is 17.6. The number of benzene rings is 1. The molecule has 7 heteroatoms. The van der Waals surface area contributed by atoms with Crippen molar-refractivity contribution in [2.45, 2.75) is 36.5 Å². The van der Waals surface area contributed by atoms with Gasteiger partial charge in [-0.1, -0.05) is 12.2 Å². The van der Waals surface area contributed by atoms with Crippen LogP contribution in [0, 0.1) is 5.92 Å². The normalized spacial score (nSPS) is 32.1. The molecule has 32 heavy (non-hydrogen) atoms. The molecule has 0 amide bonds. The Morgan fingerprint density at radius 2 is 2.19 bits per heavy atom. The number of H-pyrrole nitrogens is 1. The highest BCUT2D eigenvalue weighted by molar-refractivity contribution is 5.84. The maximum atomic E-state index is 12.2. The van der Waals surface area contributed by atoms with E-state index in [-0.39, 0.29) is 28.6 Å². The first-order valence-electron chi connectivity index (χ1n) is 11.1. The molecule has 1 fully saturated rings. The molecule has 0 unspecified atom stereocenters. The molecule has 0 radical (unpaired) electrons. The lowest BCUT2D eigenvalue weighted by Gasteiger charge is -2.56. The molecule has 7 rings (SSSR count). The van der Waals surface area contributed by atoms with Gasteiger partial charge in [0.1, 0.15) is 12.2 Å². The second-order valence-electron chi connectivity index (χ2n) is 9.57. The van der Waals surface area contributed by atoms with Crippen molar-refractivity contribution in [3.05, 3.63) is 64.1 Å². The monoisotopic (exact) mass is 429 g/mol. The molecule has 0 saturated carbocycles. The van der Waals surface area contributed by atoms with E-state index in [1.807, 2.05) is 12.1 Å². The van der Waals surface area contributed by atoms with Gasteiger partial charge in [-0.3, -0.25) is 9.78 Å². The molecule has 2 bridgehead atoms. The summed E-state index contributed by atoms with van der Waals surface area (Å²) in [6.07, 6.45) is 7.81. The minimum absolute atomic E-state index is 0.0759. The summed E-state index contributed by atoms with van der Waals surface area (Å²) in [5.74, 6) is 0.812. The summed E-state index contributed by atoms with van der Waals surface area (Å²) >= 11 is 0. The van der Waals surface area contributed by atoms with Crippen LogP contribution in [0.25, 0.3) is 22.2 Å². The van der Waals surface area contributed by atoms with E-state index in [2.05, 4.69) is 28.0 Å². The van der Waals surface area contributed by atoms with E-state index in [4.69, 9.17) is 4.74 Å². The van der Waals surface area contributed by atoms with Crippen LogP contribution in [0.15, 0.2) is 47.5 Å². The van der Waals surface area contributed by atoms with Crippen LogP contribution in [-0.4, -0.2) is 56.9 Å². The Hall–Kier alpha value is -3.16. The summed E-state index contributed by atoms with van der Waals surface area (Å²) in [6.45, 7) is 0.918. The summed E-state index contributed by atoms with van der Waals surface area (Å²) in [5.41, 5.74) is 4.02. The van der Waals surface area contributed by atoms with Gasteiger partial charge < -0.3 is 24.8 Å². The maximum Gasteiger partial charge on any atom is 0.190 e. The number of phenolic OH excluding ortho intramolecular Hbond substituents is 1. The summed E-state index contributed by atoms with van der Waals surface area (Å²) in [7, 11) is 2.16. The molecule has 162 valence electrons. The van der Waals surface area contributed by atoms with Gasteiger partial charge in [0.05, 0.1) is 16.6 Å². The van der Waals surface area contributed by atoms with Crippen molar-refractivity contribution < 1.29 is 14.9 Å². The molecule has 5 atom stereocenters. The predicted molar refractivity (Wildman–Crippen MR) is 119 cm³/mol. The van der Waals surface area contributed by atoms with Gasteiger partial charge in [0.2, 0.25) is 0 Å². The maximum absolute atomic E-state index is 12.2. The van der Waals surface area contributed by atoms with Gasteiger partial charge in [0.25, 0.3) is 0 Å². The van der Waals surface area contributed by atoms with Crippen molar-refractivity contribution >= 4 is 10.9 Å². The van der Waals surface area contributed by atoms with Crippen molar-refractivity contribution in [2.75, 3.05) is 13.6 Å². The van der Waals surface area contributed by atoms with E-state index >= 15 is 0 Å². The fourth-order valence-electron chi connectivity index (χ4n) is 6.77. The van der Waals surface area contributed by atoms with Gasteiger partial charge in [0.15, 0.2) is 16.9 Å². The molecular weight excluding hydrogens is 406 g/mol. The number of aromatic nitrogens is 2. The van der Waals surface area contributed by atoms with Crippen LogP contribution in [0.5, 0.6) is 11.5 Å². The average molecular weight is 429 g/mol. The first-order chi connectivity index (χ1) is 15.5. The van der Waals surface area contributed by atoms with Crippen LogP contribution in [0.4, 0.5) is 0 Å². The van der Waals surface area contributed by atoms with E-state index in [0.29, 0.717) is 22.3 Å². The van der Waals surface area contributed by atoms with Crippen molar-refractivity contribution in [3.8, 4) is 22.8 Å². The zero-order valence-corrected chi connectivity index (χ0v) is 17.6. The molecule has 2 aliphatic heterocycles. The van der Waals surface area contributed by atoms with E-state index in [1.54, 1.807) is 18.5 Å². The first kappa shape index (κ1) is 18.4. The number of aromatic hydroxyl groups is 1. The van der Waals surface area contributed by atoms with Crippen LogP contribution in [0.2, 0.25) is 0 Å². The van der Waals surface area contributed by atoms with E-state index in [1.165, 1.54) is 6.07 Å². The van der Waals surface area contributed by atoms with Gasteiger partial charge in [-0.15, -0.1) is 0 Å². The number of pyridine rings is 2. The lowest BCUT2D eigenvalue weighted by Crippen LogP contribution is -2.64. The summed E-state index contributed by atoms with van der Waals surface area (Å²) < 4.78 is 6.30. The third kappa shape index (κ3) is 2.08. The van der Waals surface area contributed by atoms with Crippen molar-refractivity contribution in [1.29, 1.82) is 0 Å². The van der Waals surface area contributed by atoms with Crippen molar-refractivity contribution in [1.82, 2.24) is 14.9 Å². The minimum atomic E-state index is -0.708. The number of piperidine rings is 1. The highest BCUT2D eigenvalue weighted by Gasteiger charge is 2.64. The quantitative estimate of drug-likeness (QED) is 0.513. The number of nitrogens with zero attached hydrogens (tertiary/aromatic N) is 2. The number of hydrogen-bond acceptors (Lipinski definition) is 6. The number of aliphatic hydroxyl groups excluding tert-OH is 1. The number of likely N-dealkylation sites (tertiary alicyclic amines) is 1. The van der Waals surface area contributed by atoms with Crippen LogP contribution in [0.3, 0.4) is 0 Å². The van der Waals surface area contributed by atoms with Gasteiger partial charge in [-0.05, 0) is 44.1 Å². The van der Waals surface area contributed by atoms with Gasteiger partial charge in [-0.25, -0.2) is 0 Å². The van der Waals surface area contributed by atoms with Crippen LogP contribution >= 0.6 is 0 Å². The Morgan fingerprint density at radius 3 is 3.06 bits per heavy atom. The molecule has 3 aromatic rings. The number of aromatic amines is 1. The summed E-state index contributed by atoms with van der Waals surface area (Å²) in [4.78, 5) is 22.3. The molecule has 4 aliphatic rings. The SMILES string of the molecule is CN1CC[C@]23c4c5c(-c6cc7[nH]ccc(=O)c7cn6)cc(O)c4O[C@H]2[C@@H](O)C=C[C@H]3[C@H]1C5. The molecule has 3 N–H and O–H groups in total. The van der Waals surface area contributed by atoms with Gasteiger partial charge in [-0.2, -0.15) is 0 Å². The largest absolute Gasteiger partial charge is 0.504 e. The fraction of sp³-hybridized carbons (Fsp3) is 0.360. The molecule has 1 aromatic carbocycles. The van der Waals surface area contributed by atoms with Crippen LogP contribution in [0.1, 0.15) is 17.5 Å². The van der Waals surface area contributed by atoms with Crippen LogP contribution < -0.4 is 10.2 Å². The molecule has 7 nitrogen and oxygen atoms in total. The smallest absolute Gasteiger partial charge is 0.190 e. The first-order valence-corrected chi connectivity index (χ1v) is 11.1. The molecule has 2 aromatic heterocycles. The number of rotatable bonds is 1. The van der Waals surface area contributed by atoms with E-state index < -0.39 is 12.2 Å². The minimum Gasteiger partial charge on any atom is -0.504 e. The lowest BCUT2D eigenvalue weighted by atomic mass is 9.53. The third-order valence-corrected chi connectivity index (χ3v) is 8.20. The average Bonchev–Trinajstić information content (AvgIpc) is 3.14. The summed E-state index contributed by atoms with van der Waals surface area (Å²) in [6, 6.07) is 5.37. The zero-order chi connectivity index (χ0) is 21.8. The molecular formula is C25H23N3O4. The van der Waals surface area contributed by atoms with Crippen LogP contribution in [-0.2, 0) is 11.8 Å². The van der Waals surface area contributed by atoms with Crippen molar-refractivity contribution in [3.63, 3.8) is 0 Å². The Labute approximate surface area is 184 Å². The number of hydrogen-bond donors (Lipinski definition) is 3. The van der Waals surface area contributed by atoms with Gasteiger partial charge >= 0.3 is 0 Å². The molecule has 4 heterocycles. The second-order valence-corrected chi connectivity index (χ2v) is 9.57. The lowest BCUT2D eigenvalue weighted by molar-refractivity contribution is -0.0452. The molecule has 1 saturated heterocycles. The number of ether oxygens (including phenoxy) is 1. The Kier molecular flexibility index (Phi) is 3.45. The second kappa shape index (κ2) is 5.99. The van der Waals surface area contributed by atoms with Crippen molar-refractivity contribution in [2.24, 2.45) is 5.92 Å². The number of likely N-dealkylation sites (N-methyl/N-ethyl adjacent to an activating group) is 1. The standard InChI is InChI=1S/C25H23N3O4/c1-28-7-5-25-15-2-3-20(30)24(25)32-23-21(31)9-12(13(22(23)25)8-18(15)28)16-10-17-14(11-27-16)19(29)4-6-26-17/h2-4,6,9-11,15,18,20,24,30-31H,5,7-8H2,1H3,(H,26,29)/t15-,18+,20-,24-,25-/m0/s1. The van der Waals surface area contributed by atoms with E-state index in [9.17, 15) is 15.0 Å². The Morgan fingerprint density at radius 1 is 1.31 bits per heavy atom. The van der Waals surface area contributed by atoms with Gasteiger partial charge in [0, 0.05) is 47.0 Å². The highest BCUT2D eigenvalue weighted by atomic mass is 16.5. The number of aliphatic hydroxyl groups is 1. The topological polar surface area (TPSA) is 98.7 Å². The summed E-state index contributed by atoms with van der Waals surface area (Å²) in [5, 5.41) is 22.4. The highest BCUT2D eigenvalue weighted by Crippen LogP contribution is 2.63. The molecule has 1 spiro atoms. The number of nitrogens with one attached hydrogen (secondary N) is 1. The number of phenols is 1.